The highest BCUT2D eigenvalue weighted by molar-refractivity contribution is 5.92. The molecule has 0 unspecified atom stereocenters. The molecule has 1 saturated heterocycles. The maximum Gasteiger partial charge on any atom is 0.411 e. The van der Waals surface area contributed by atoms with Crippen LogP contribution in [0.15, 0.2) is 66.7 Å². The van der Waals surface area contributed by atoms with Crippen LogP contribution in [0.25, 0.3) is 11.1 Å². The van der Waals surface area contributed by atoms with Gasteiger partial charge in [-0.25, -0.2) is 4.79 Å². The van der Waals surface area contributed by atoms with E-state index in [0.29, 0.717) is 24.2 Å². The molecular formula is C31H38N3O4+. The van der Waals surface area contributed by atoms with Crippen LogP contribution in [0.2, 0.25) is 0 Å². The molecule has 0 aromatic heterocycles. The first kappa shape index (κ1) is 27.4. The fraction of sp³-hybridized carbons (Fsp3) is 0.355. The highest BCUT2D eigenvalue weighted by Crippen LogP contribution is 2.30. The third-order valence-electron chi connectivity index (χ3n) is 7.23. The first-order chi connectivity index (χ1) is 18.2. The van der Waals surface area contributed by atoms with E-state index in [2.05, 4.69) is 24.7 Å². The number of benzene rings is 3. The van der Waals surface area contributed by atoms with E-state index in [1.54, 1.807) is 6.07 Å². The normalized spacial score (nSPS) is 15.1. The van der Waals surface area contributed by atoms with Gasteiger partial charge in [-0.3, -0.25) is 10.1 Å². The average molecular weight is 517 g/mol. The van der Waals surface area contributed by atoms with Gasteiger partial charge >= 0.3 is 6.09 Å². The van der Waals surface area contributed by atoms with Gasteiger partial charge in [-0.05, 0) is 53.8 Å². The number of nitrogens with one attached hydrogen (secondary N) is 2. The van der Waals surface area contributed by atoms with Crippen molar-refractivity contribution >= 4 is 23.4 Å². The van der Waals surface area contributed by atoms with Gasteiger partial charge < -0.3 is 19.6 Å². The van der Waals surface area contributed by atoms with E-state index in [1.807, 2.05) is 67.6 Å². The molecule has 1 heterocycles. The smallest absolute Gasteiger partial charge is 0.411 e. The fourth-order valence-corrected chi connectivity index (χ4v) is 4.80. The van der Waals surface area contributed by atoms with Gasteiger partial charge in [0.25, 0.3) is 0 Å². The lowest BCUT2D eigenvalue weighted by Crippen LogP contribution is -2.48. The Morgan fingerprint density at radius 3 is 2.39 bits per heavy atom. The minimum atomic E-state index is -0.448. The fourth-order valence-electron chi connectivity index (χ4n) is 4.80. The lowest BCUT2D eigenvalue weighted by molar-refractivity contribution is -0.896. The highest BCUT2D eigenvalue weighted by Gasteiger charge is 2.28. The largest absolute Gasteiger partial charge is 0.446 e. The van der Waals surface area contributed by atoms with Crippen LogP contribution in [0.3, 0.4) is 0 Å². The van der Waals surface area contributed by atoms with Gasteiger partial charge in [-0.15, -0.1) is 0 Å². The standard InChI is InChI=1S/C31H37N3O4/c1-22-19-26(12-11-25(22)21-35)32-30(36)14-10-23-9-13-28(24-7-5-4-6-8-24)29(20-23)33-31(37)38-27-15-17-34(2,3)18-16-27/h4-9,11-13,19-20,27,35H,10,14-18,21H2,1-3H3,(H-,32,33,36,37)/p+1. The number of hydrogen-bond acceptors (Lipinski definition) is 4. The van der Waals surface area contributed by atoms with Gasteiger partial charge in [0.15, 0.2) is 0 Å². The van der Waals surface area contributed by atoms with E-state index in [0.717, 1.165) is 58.2 Å². The first-order valence-electron chi connectivity index (χ1n) is 13.2. The molecule has 0 bridgehead atoms. The van der Waals surface area contributed by atoms with Crippen molar-refractivity contribution in [3.8, 4) is 11.1 Å². The van der Waals surface area contributed by atoms with Gasteiger partial charge in [0.2, 0.25) is 5.91 Å². The van der Waals surface area contributed by atoms with Crippen LogP contribution >= 0.6 is 0 Å². The van der Waals surface area contributed by atoms with Crippen molar-refractivity contribution in [3.05, 3.63) is 83.4 Å². The molecule has 1 fully saturated rings. The minimum Gasteiger partial charge on any atom is -0.446 e. The van der Waals surface area contributed by atoms with E-state index in [9.17, 15) is 14.7 Å². The monoisotopic (exact) mass is 516 g/mol. The summed E-state index contributed by atoms with van der Waals surface area (Å²) in [6.45, 7) is 3.84. The first-order valence-corrected chi connectivity index (χ1v) is 13.2. The van der Waals surface area contributed by atoms with Crippen LogP contribution in [0.4, 0.5) is 16.2 Å². The number of quaternary nitrogens is 1. The zero-order chi connectivity index (χ0) is 27.1. The molecule has 0 spiro atoms. The minimum absolute atomic E-state index is 0.0267. The van der Waals surface area contributed by atoms with Gasteiger partial charge in [-0.2, -0.15) is 0 Å². The Bertz CT molecular complexity index is 1260. The molecule has 1 aliphatic heterocycles. The second-order valence-electron chi connectivity index (χ2n) is 10.7. The predicted molar refractivity (Wildman–Crippen MR) is 151 cm³/mol. The molecule has 3 aromatic carbocycles. The number of hydrogen-bond donors (Lipinski definition) is 3. The molecule has 38 heavy (non-hydrogen) atoms. The third kappa shape index (κ3) is 7.43. The van der Waals surface area contributed by atoms with Crippen molar-refractivity contribution in [2.45, 2.75) is 45.3 Å². The summed E-state index contributed by atoms with van der Waals surface area (Å²) in [4.78, 5) is 25.5. The number of carbonyl (C=O) groups is 2. The molecule has 4 rings (SSSR count). The van der Waals surface area contributed by atoms with Gasteiger partial charge in [-0.1, -0.05) is 48.5 Å². The van der Waals surface area contributed by atoms with Crippen LogP contribution in [-0.2, 0) is 22.6 Å². The van der Waals surface area contributed by atoms with Crippen molar-refractivity contribution in [1.29, 1.82) is 0 Å². The molecule has 7 heteroatoms. The number of likely N-dealkylation sites (tertiary alicyclic amines) is 1. The average Bonchev–Trinajstić information content (AvgIpc) is 2.89. The van der Waals surface area contributed by atoms with Crippen LogP contribution in [0.5, 0.6) is 0 Å². The van der Waals surface area contributed by atoms with Gasteiger partial charge in [0.1, 0.15) is 6.10 Å². The van der Waals surface area contributed by atoms with E-state index in [-0.39, 0.29) is 18.6 Å². The number of rotatable bonds is 8. The van der Waals surface area contributed by atoms with Crippen LogP contribution in [0.1, 0.15) is 36.0 Å². The summed E-state index contributed by atoms with van der Waals surface area (Å²) in [6, 6.07) is 21.3. The number of nitrogens with zero attached hydrogens (tertiary/aromatic N) is 1. The number of amides is 2. The summed E-state index contributed by atoms with van der Waals surface area (Å²) in [7, 11) is 4.39. The molecule has 0 atom stereocenters. The SMILES string of the molecule is Cc1cc(NC(=O)CCc2ccc(-c3ccccc3)c(NC(=O)OC3CC[N+](C)(C)CC3)c2)ccc1CO. The summed E-state index contributed by atoms with van der Waals surface area (Å²) in [6.07, 6.45) is 1.99. The summed E-state index contributed by atoms with van der Waals surface area (Å²) >= 11 is 0. The number of ether oxygens (including phenoxy) is 1. The number of anilines is 2. The number of aryl methyl sites for hydroxylation is 2. The van der Waals surface area contributed by atoms with Gasteiger partial charge in [0.05, 0.1) is 39.5 Å². The van der Waals surface area contributed by atoms with Crippen molar-refractivity contribution in [3.63, 3.8) is 0 Å². The van der Waals surface area contributed by atoms with E-state index < -0.39 is 6.09 Å². The maximum atomic E-state index is 12.9. The predicted octanol–water partition coefficient (Wildman–Crippen LogP) is 5.51. The van der Waals surface area contributed by atoms with E-state index in [4.69, 9.17) is 4.74 Å². The number of aliphatic hydroxyl groups is 1. The Balaban J connectivity index is 1.43. The maximum absolute atomic E-state index is 12.9. The molecule has 7 nitrogen and oxygen atoms in total. The third-order valence-corrected chi connectivity index (χ3v) is 7.23. The molecule has 0 saturated carbocycles. The van der Waals surface area contributed by atoms with E-state index in [1.165, 1.54) is 0 Å². The van der Waals surface area contributed by atoms with Crippen LogP contribution in [0, 0.1) is 6.92 Å². The molecule has 0 aliphatic carbocycles. The molecular weight excluding hydrogens is 478 g/mol. The van der Waals surface area contributed by atoms with Crippen LogP contribution in [-0.4, -0.2) is 54.9 Å². The van der Waals surface area contributed by atoms with E-state index >= 15 is 0 Å². The topological polar surface area (TPSA) is 87.7 Å². The number of piperidine rings is 1. The van der Waals surface area contributed by atoms with Crippen molar-refractivity contribution < 1.29 is 23.9 Å². The second kappa shape index (κ2) is 12.2. The number of aliphatic hydroxyl groups excluding tert-OH is 1. The Kier molecular flexibility index (Phi) is 8.81. The molecule has 1 aliphatic rings. The summed E-state index contributed by atoms with van der Waals surface area (Å²) in [5.41, 5.74) is 5.98. The Morgan fingerprint density at radius 2 is 1.71 bits per heavy atom. The van der Waals surface area contributed by atoms with Crippen LogP contribution < -0.4 is 10.6 Å². The van der Waals surface area contributed by atoms with Crippen molar-refractivity contribution in [2.75, 3.05) is 37.8 Å². The lowest BCUT2D eigenvalue weighted by atomic mass is 9.99. The molecule has 0 radical (unpaired) electrons. The number of carbonyl (C=O) groups excluding carboxylic acids is 2. The summed E-state index contributed by atoms with van der Waals surface area (Å²) in [5, 5.41) is 15.3. The highest BCUT2D eigenvalue weighted by atomic mass is 16.6. The molecule has 3 N–H and O–H groups in total. The summed E-state index contributed by atoms with van der Waals surface area (Å²) < 4.78 is 6.72. The lowest BCUT2D eigenvalue weighted by Gasteiger charge is -2.36. The molecule has 3 aromatic rings. The Morgan fingerprint density at radius 1 is 0.974 bits per heavy atom. The zero-order valence-electron chi connectivity index (χ0n) is 22.5. The second-order valence-corrected chi connectivity index (χ2v) is 10.7. The summed E-state index contributed by atoms with van der Waals surface area (Å²) in [5.74, 6) is -0.0965. The Hall–Kier alpha value is -3.68. The molecule has 2 amide bonds. The quantitative estimate of drug-likeness (QED) is 0.345. The van der Waals surface area contributed by atoms with Crippen molar-refractivity contribution in [2.24, 2.45) is 0 Å². The van der Waals surface area contributed by atoms with Gasteiger partial charge in [0, 0.05) is 30.5 Å². The molecule has 200 valence electrons. The Labute approximate surface area is 225 Å². The zero-order valence-corrected chi connectivity index (χ0v) is 22.5. The van der Waals surface area contributed by atoms with Crippen molar-refractivity contribution in [1.82, 2.24) is 0 Å².